The maximum Gasteiger partial charge on any atom is 0.262 e. The van der Waals surface area contributed by atoms with Gasteiger partial charge in [0.2, 0.25) is 11.8 Å². The van der Waals surface area contributed by atoms with Gasteiger partial charge in [-0.2, -0.15) is 0 Å². The molecule has 3 rings (SSSR count). The average Bonchev–Trinajstić information content (AvgIpc) is 2.94. The van der Waals surface area contributed by atoms with Gasteiger partial charge in [0.15, 0.2) is 0 Å². The van der Waals surface area contributed by atoms with Gasteiger partial charge in [0.05, 0.1) is 17.7 Å². The molecule has 7 nitrogen and oxygen atoms in total. The number of carbonyl (C=O) groups excluding carboxylic acids is 4. The number of anilines is 1. The van der Waals surface area contributed by atoms with Crippen LogP contribution in [0.15, 0.2) is 42.5 Å². The first-order chi connectivity index (χ1) is 13.7. The molecule has 1 N–H and O–H groups in total. The van der Waals surface area contributed by atoms with Crippen molar-refractivity contribution in [1.29, 1.82) is 0 Å². The summed E-state index contributed by atoms with van der Waals surface area (Å²) in [5.74, 6) is -1.84. The smallest absolute Gasteiger partial charge is 0.262 e. The third-order valence-corrected chi connectivity index (χ3v) is 5.07. The van der Waals surface area contributed by atoms with Crippen molar-refractivity contribution in [2.45, 2.75) is 26.8 Å². The van der Waals surface area contributed by atoms with Gasteiger partial charge in [-0.1, -0.05) is 30.3 Å². The zero-order valence-corrected chi connectivity index (χ0v) is 16.9. The minimum Gasteiger partial charge on any atom is -0.335 e. The molecule has 1 aliphatic rings. The van der Waals surface area contributed by atoms with Gasteiger partial charge in [-0.15, -0.1) is 0 Å². The molecule has 150 valence electrons. The standard InChI is InChI=1S/C22H23N3O4/c1-13-8-7-9-14(2)19(13)23-18(26)12-24(4)20(27)15(3)25-21(28)16-10-5-6-11-17(16)22(25)29/h5-11,15H,12H2,1-4H3,(H,23,26)/t15-/m1/s1. The van der Waals surface area contributed by atoms with Gasteiger partial charge >= 0.3 is 0 Å². The number of amides is 4. The lowest BCUT2D eigenvalue weighted by atomic mass is 10.1. The summed E-state index contributed by atoms with van der Waals surface area (Å²) in [6, 6.07) is 11.1. The lowest BCUT2D eigenvalue weighted by Crippen LogP contribution is -2.49. The van der Waals surface area contributed by atoms with Crippen LogP contribution in [-0.2, 0) is 9.59 Å². The molecule has 2 aromatic rings. The van der Waals surface area contributed by atoms with Gasteiger partial charge in [0, 0.05) is 12.7 Å². The Balaban J connectivity index is 1.68. The number of fused-ring (bicyclic) bond motifs is 1. The monoisotopic (exact) mass is 393 g/mol. The maximum atomic E-state index is 12.8. The third kappa shape index (κ3) is 3.76. The summed E-state index contributed by atoms with van der Waals surface area (Å²) in [5.41, 5.74) is 3.13. The Bertz CT molecular complexity index is 960. The Morgan fingerprint density at radius 3 is 2.00 bits per heavy atom. The third-order valence-electron chi connectivity index (χ3n) is 5.07. The first-order valence-corrected chi connectivity index (χ1v) is 9.30. The van der Waals surface area contributed by atoms with E-state index in [2.05, 4.69) is 5.32 Å². The zero-order valence-electron chi connectivity index (χ0n) is 16.9. The molecule has 0 saturated carbocycles. The van der Waals surface area contributed by atoms with Crippen LogP contribution in [0.25, 0.3) is 0 Å². The summed E-state index contributed by atoms with van der Waals surface area (Å²) in [4.78, 5) is 52.5. The number of carbonyl (C=O) groups is 4. The van der Waals surface area contributed by atoms with E-state index < -0.39 is 23.8 Å². The van der Waals surface area contributed by atoms with Gasteiger partial charge in [0.1, 0.15) is 6.04 Å². The van der Waals surface area contributed by atoms with E-state index in [1.54, 1.807) is 24.3 Å². The molecule has 0 saturated heterocycles. The van der Waals surface area contributed by atoms with Gasteiger partial charge in [0.25, 0.3) is 11.8 Å². The molecule has 0 aromatic heterocycles. The molecule has 2 aromatic carbocycles. The molecule has 1 heterocycles. The second kappa shape index (κ2) is 7.87. The molecule has 0 unspecified atom stereocenters. The van der Waals surface area contributed by atoms with Crippen molar-refractivity contribution in [3.63, 3.8) is 0 Å². The number of nitrogens with one attached hydrogen (secondary N) is 1. The molecule has 0 spiro atoms. The van der Waals surface area contributed by atoms with E-state index in [4.69, 9.17) is 0 Å². The maximum absolute atomic E-state index is 12.8. The van der Waals surface area contributed by atoms with E-state index in [0.717, 1.165) is 16.0 Å². The van der Waals surface area contributed by atoms with Crippen molar-refractivity contribution in [1.82, 2.24) is 9.80 Å². The minimum absolute atomic E-state index is 0.194. The minimum atomic E-state index is -1.01. The molecular formula is C22H23N3O4. The SMILES string of the molecule is Cc1cccc(C)c1NC(=O)CN(C)C(=O)[C@@H](C)N1C(=O)c2ccccc2C1=O. The van der Waals surface area contributed by atoms with E-state index in [-0.39, 0.29) is 23.6 Å². The molecule has 0 fully saturated rings. The van der Waals surface area contributed by atoms with Crippen LogP contribution >= 0.6 is 0 Å². The highest BCUT2D eigenvalue weighted by molar-refractivity contribution is 6.22. The zero-order chi connectivity index (χ0) is 21.3. The lowest BCUT2D eigenvalue weighted by molar-refractivity contribution is -0.136. The van der Waals surface area contributed by atoms with Crippen molar-refractivity contribution < 1.29 is 19.2 Å². The Kier molecular flexibility index (Phi) is 5.50. The van der Waals surface area contributed by atoms with Crippen molar-refractivity contribution in [3.8, 4) is 0 Å². The number of hydrogen-bond donors (Lipinski definition) is 1. The number of aryl methyl sites for hydroxylation is 2. The number of nitrogens with zero attached hydrogens (tertiary/aromatic N) is 2. The number of imide groups is 1. The second-order valence-electron chi connectivity index (χ2n) is 7.21. The topological polar surface area (TPSA) is 86.8 Å². The highest BCUT2D eigenvalue weighted by Gasteiger charge is 2.41. The normalized spacial score (nSPS) is 13.9. The van der Waals surface area contributed by atoms with Crippen LogP contribution in [-0.4, -0.2) is 53.1 Å². The van der Waals surface area contributed by atoms with Gasteiger partial charge in [-0.05, 0) is 44.0 Å². The summed E-state index contributed by atoms with van der Waals surface area (Å²) in [6.07, 6.45) is 0. The van der Waals surface area contributed by atoms with E-state index in [9.17, 15) is 19.2 Å². The van der Waals surface area contributed by atoms with Crippen LogP contribution in [0.5, 0.6) is 0 Å². The highest BCUT2D eigenvalue weighted by atomic mass is 16.2. The molecular weight excluding hydrogens is 370 g/mol. The Labute approximate surface area is 169 Å². The summed E-state index contributed by atoms with van der Waals surface area (Å²) in [7, 11) is 1.47. The van der Waals surface area contributed by atoms with Crippen molar-refractivity contribution in [3.05, 3.63) is 64.7 Å². The number of hydrogen-bond acceptors (Lipinski definition) is 4. The van der Waals surface area contributed by atoms with Gasteiger partial charge < -0.3 is 10.2 Å². The number of benzene rings is 2. The fourth-order valence-electron chi connectivity index (χ4n) is 3.47. The number of para-hydroxylation sites is 1. The highest BCUT2D eigenvalue weighted by Crippen LogP contribution is 2.25. The Morgan fingerprint density at radius 1 is 0.966 bits per heavy atom. The van der Waals surface area contributed by atoms with Gasteiger partial charge in [-0.25, -0.2) is 0 Å². The molecule has 29 heavy (non-hydrogen) atoms. The van der Waals surface area contributed by atoms with Crippen molar-refractivity contribution >= 4 is 29.3 Å². The quantitative estimate of drug-likeness (QED) is 0.791. The van der Waals surface area contributed by atoms with E-state index in [1.165, 1.54) is 18.9 Å². The van der Waals surface area contributed by atoms with Crippen LogP contribution in [0.4, 0.5) is 5.69 Å². The summed E-state index contributed by atoms with van der Waals surface area (Å²) in [5, 5.41) is 2.82. The Hall–Kier alpha value is -3.48. The van der Waals surface area contributed by atoms with Crippen LogP contribution in [0.2, 0.25) is 0 Å². The largest absolute Gasteiger partial charge is 0.335 e. The fraction of sp³-hybridized carbons (Fsp3) is 0.273. The Morgan fingerprint density at radius 2 is 1.48 bits per heavy atom. The van der Waals surface area contributed by atoms with E-state index >= 15 is 0 Å². The lowest BCUT2D eigenvalue weighted by Gasteiger charge is -2.26. The van der Waals surface area contributed by atoms with E-state index in [1.807, 2.05) is 32.0 Å². The van der Waals surface area contributed by atoms with E-state index in [0.29, 0.717) is 5.69 Å². The number of rotatable bonds is 5. The molecule has 0 aliphatic carbocycles. The average molecular weight is 393 g/mol. The fourth-order valence-corrected chi connectivity index (χ4v) is 3.47. The van der Waals surface area contributed by atoms with Crippen LogP contribution in [0.1, 0.15) is 38.8 Å². The van der Waals surface area contributed by atoms with Crippen molar-refractivity contribution in [2.75, 3.05) is 18.9 Å². The first kappa shape index (κ1) is 20.3. The van der Waals surface area contributed by atoms with Crippen LogP contribution in [0.3, 0.4) is 0 Å². The molecule has 7 heteroatoms. The molecule has 4 amide bonds. The van der Waals surface area contributed by atoms with Gasteiger partial charge in [-0.3, -0.25) is 24.1 Å². The van der Waals surface area contributed by atoms with Crippen LogP contribution < -0.4 is 5.32 Å². The predicted molar refractivity (Wildman–Crippen MR) is 109 cm³/mol. The van der Waals surface area contributed by atoms with Crippen LogP contribution in [0, 0.1) is 13.8 Å². The summed E-state index contributed by atoms with van der Waals surface area (Å²) >= 11 is 0. The summed E-state index contributed by atoms with van der Waals surface area (Å²) < 4.78 is 0. The number of likely N-dealkylation sites (N-methyl/N-ethyl adjacent to an activating group) is 1. The first-order valence-electron chi connectivity index (χ1n) is 9.30. The predicted octanol–water partition coefficient (Wildman–Crippen LogP) is 2.39. The summed E-state index contributed by atoms with van der Waals surface area (Å²) in [6.45, 7) is 5.08. The second-order valence-corrected chi connectivity index (χ2v) is 7.21. The molecule has 1 aliphatic heterocycles. The molecule has 1 atom stereocenters. The van der Waals surface area contributed by atoms with Crippen molar-refractivity contribution in [2.24, 2.45) is 0 Å². The molecule has 0 radical (unpaired) electrons. The molecule has 0 bridgehead atoms.